The molecular formula is C13H19N3S. The lowest BCUT2D eigenvalue weighted by Gasteiger charge is -2.13. The molecule has 1 N–H and O–H groups in total. The first-order valence-corrected chi connectivity index (χ1v) is 6.80. The monoisotopic (exact) mass is 249 g/mol. The summed E-state index contributed by atoms with van der Waals surface area (Å²) in [5, 5.41) is 9.96. The van der Waals surface area contributed by atoms with Gasteiger partial charge in [0.1, 0.15) is 0 Å². The third-order valence-electron chi connectivity index (χ3n) is 2.81. The van der Waals surface area contributed by atoms with Gasteiger partial charge in [-0.1, -0.05) is 0 Å². The van der Waals surface area contributed by atoms with Gasteiger partial charge in [-0.05, 0) is 44.7 Å². The van der Waals surface area contributed by atoms with Gasteiger partial charge in [0.25, 0.3) is 0 Å². The second-order valence-corrected chi connectivity index (χ2v) is 5.58. The number of rotatable bonds is 4. The Morgan fingerprint density at radius 3 is 2.65 bits per heavy atom. The molecule has 0 aliphatic carbocycles. The summed E-state index contributed by atoms with van der Waals surface area (Å²) in [7, 11) is 0. The lowest BCUT2D eigenvalue weighted by Crippen LogP contribution is -2.05. The van der Waals surface area contributed by atoms with Crippen LogP contribution < -0.4 is 5.32 Å². The molecule has 0 radical (unpaired) electrons. The van der Waals surface area contributed by atoms with E-state index in [1.165, 1.54) is 10.4 Å². The fourth-order valence-electron chi connectivity index (χ4n) is 1.84. The lowest BCUT2D eigenvalue weighted by molar-refractivity contribution is 0.532. The SMILES string of the molecule is Cc1ccsc1C(C)Nc1cnn(C(C)C)c1. The van der Waals surface area contributed by atoms with Crippen LogP contribution in [0.1, 0.15) is 43.3 Å². The van der Waals surface area contributed by atoms with Crippen LogP contribution in [-0.4, -0.2) is 9.78 Å². The Balaban J connectivity index is 2.08. The van der Waals surface area contributed by atoms with Crippen molar-refractivity contribution < 1.29 is 0 Å². The molecule has 0 aromatic carbocycles. The van der Waals surface area contributed by atoms with Crippen LogP contribution in [0.3, 0.4) is 0 Å². The number of nitrogens with one attached hydrogen (secondary N) is 1. The molecule has 0 amide bonds. The van der Waals surface area contributed by atoms with E-state index in [0.29, 0.717) is 12.1 Å². The molecule has 0 spiro atoms. The second-order valence-electron chi connectivity index (χ2n) is 4.64. The second kappa shape index (κ2) is 4.92. The first-order chi connectivity index (χ1) is 8.08. The van der Waals surface area contributed by atoms with Gasteiger partial charge in [0.15, 0.2) is 0 Å². The minimum absolute atomic E-state index is 0.333. The zero-order valence-corrected chi connectivity index (χ0v) is 11.6. The van der Waals surface area contributed by atoms with Crippen molar-refractivity contribution in [1.82, 2.24) is 9.78 Å². The van der Waals surface area contributed by atoms with Gasteiger partial charge in [0, 0.05) is 17.1 Å². The van der Waals surface area contributed by atoms with Gasteiger partial charge in [0.05, 0.1) is 17.9 Å². The van der Waals surface area contributed by atoms with E-state index in [1.807, 2.05) is 10.9 Å². The van der Waals surface area contributed by atoms with Crippen molar-refractivity contribution in [3.8, 4) is 0 Å². The molecule has 4 heteroatoms. The summed E-state index contributed by atoms with van der Waals surface area (Å²) in [6.45, 7) is 8.60. The molecule has 0 aliphatic heterocycles. The van der Waals surface area contributed by atoms with Crippen molar-refractivity contribution in [2.45, 2.75) is 39.8 Å². The molecule has 0 aliphatic rings. The topological polar surface area (TPSA) is 29.9 Å². The van der Waals surface area contributed by atoms with Gasteiger partial charge in [-0.3, -0.25) is 4.68 Å². The van der Waals surface area contributed by atoms with Crippen molar-refractivity contribution >= 4 is 17.0 Å². The maximum atomic E-state index is 4.33. The van der Waals surface area contributed by atoms with Crippen LogP contribution in [0.4, 0.5) is 5.69 Å². The van der Waals surface area contributed by atoms with E-state index in [0.717, 1.165) is 5.69 Å². The van der Waals surface area contributed by atoms with E-state index in [9.17, 15) is 0 Å². The molecule has 2 heterocycles. The fourth-order valence-corrected chi connectivity index (χ4v) is 2.77. The van der Waals surface area contributed by atoms with Crippen LogP contribution >= 0.6 is 11.3 Å². The van der Waals surface area contributed by atoms with Crippen LogP contribution in [0.25, 0.3) is 0 Å². The van der Waals surface area contributed by atoms with Gasteiger partial charge in [-0.2, -0.15) is 5.10 Å². The predicted octanol–water partition coefficient (Wildman–Crippen LogP) is 4.01. The number of aryl methyl sites for hydroxylation is 1. The van der Waals surface area contributed by atoms with Gasteiger partial charge in [0.2, 0.25) is 0 Å². The Morgan fingerprint density at radius 1 is 1.35 bits per heavy atom. The average molecular weight is 249 g/mol. The highest BCUT2D eigenvalue weighted by Gasteiger charge is 2.10. The molecular weight excluding hydrogens is 230 g/mol. The summed E-state index contributed by atoms with van der Waals surface area (Å²) >= 11 is 1.80. The summed E-state index contributed by atoms with van der Waals surface area (Å²) in [6, 6.07) is 2.90. The van der Waals surface area contributed by atoms with Gasteiger partial charge >= 0.3 is 0 Å². The minimum Gasteiger partial charge on any atom is -0.375 e. The molecule has 1 atom stereocenters. The standard InChI is InChI=1S/C13H19N3S/c1-9(2)16-8-12(7-14-16)15-11(4)13-10(3)5-6-17-13/h5-9,11,15H,1-4H3. The molecule has 1 unspecified atom stereocenters. The predicted molar refractivity (Wildman–Crippen MR) is 73.7 cm³/mol. The number of hydrogen-bond donors (Lipinski definition) is 1. The summed E-state index contributed by atoms with van der Waals surface area (Å²) in [6.07, 6.45) is 3.95. The number of nitrogens with zero attached hydrogens (tertiary/aromatic N) is 2. The zero-order valence-electron chi connectivity index (χ0n) is 10.8. The van der Waals surface area contributed by atoms with E-state index in [4.69, 9.17) is 0 Å². The van der Waals surface area contributed by atoms with E-state index >= 15 is 0 Å². The number of thiophene rings is 1. The van der Waals surface area contributed by atoms with Gasteiger partial charge in [-0.15, -0.1) is 11.3 Å². The first kappa shape index (κ1) is 12.2. The van der Waals surface area contributed by atoms with Crippen LogP contribution in [0.15, 0.2) is 23.8 Å². The third-order valence-corrected chi connectivity index (χ3v) is 4.01. The molecule has 3 nitrogen and oxygen atoms in total. The van der Waals surface area contributed by atoms with Crippen molar-refractivity contribution in [2.75, 3.05) is 5.32 Å². The van der Waals surface area contributed by atoms with E-state index < -0.39 is 0 Å². The largest absolute Gasteiger partial charge is 0.375 e. The molecule has 0 bridgehead atoms. The highest BCUT2D eigenvalue weighted by molar-refractivity contribution is 7.10. The molecule has 2 rings (SSSR count). The third kappa shape index (κ3) is 2.69. The van der Waals surface area contributed by atoms with Gasteiger partial charge < -0.3 is 5.32 Å². The Bertz CT molecular complexity index is 484. The maximum Gasteiger partial charge on any atom is 0.0731 e. The van der Waals surface area contributed by atoms with E-state index in [-0.39, 0.29) is 0 Å². The Kier molecular flexibility index (Phi) is 3.52. The van der Waals surface area contributed by atoms with Crippen molar-refractivity contribution in [1.29, 1.82) is 0 Å². The molecule has 0 saturated heterocycles. The van der Waals surface area contributed by atoms with Crippen LogP contribution in [0.5, 0.6) is 0 Å². The summed E-state index contributed by atoms with van der Waals surface area (Å²) in [5.74, 6) is 0. The normalized spacial score (nSPS) is 13.0. The lowest BCUT2D eigenvalue weighted by atomic mass is 10.2. The van der Waals surface area contributed by atoms with Crippen molar-refractivity contribution in [3.05, 3.63) is 34.3 Å². The smallest absolute Gasteiger partial charge is 0.0731 e. The Morgan fingerprint density at radius 2 is 2.12 bits per heavy atom. The summed E-state index contributed by atoms with van der Waals surface area (Å²) in [4.78, 5) is 1.39. The number of aromatic nitrogens is 2. The Labute approximate surface area is 106 Å². The quantitative estimate of drug-likeness (QED) is 0.887. The maximum absolute atomic E-state index is 4.33. The molecule has 2 aromatic rings. The van der Waals surface area contributed by atoms with Crippen LogP contribution in [-0.2, 0) is 0 Å². The highest BCUT2D eigenvalue weighted by Crippen LogP contribution is 2.26. The van der Waals surface area contributed by atoms with Crippen molar-refractivity contribution in [3.63, 3.8) is 0 Å². The fraction of sp³-hybridized carbons (Fsp3) is 0.462. The first-order valence-electron chi connectivity index (χ1n) is 5.92. The number of hydrogen-bond acceptors (Lipinski definition) is 3. The highest BCUT2D eigenvalue weighted by atomic mass is 32.1. The molecule has 92 valence electrons. The van der Waals surface area contributed by atoms with Gasteiger partial charge in [-0.25, -0.2) is 0 Å². The minimum atomic E-state index is 0.333. The molecule has 2 aromatic heterocycles. The average Bonchev–Trinajstić information content (AvgIpc) is 2.86. The molecule has 0 saturated carbocycles. The van der Waals surface area contributed by atoms with Crippen LogP contribution in [0.2, 0.25) is 0 Å². The van der Waals surface area contributed by atoms with E-state index in [2.05, 4.69) is 55.8 Å². The molecule has 17 heavy (non-hydrogen) atoms. The number of anilines is 1. The zero-order chi connectivity index (χ0) is 12.4. The van der Waals surface area contributed by atoms with E-state index in [1.54, 1.807) is 11.3 Å². The Hall–Kier alpha value is -1.29. The van der Waals surface area contributed by atoms with Crippen molar-refractivity contribution in [2.24, 2.45) is 0 Å². The summed E-state index contributed by atoms with van der Waals surface area (Å²) < 4.78 is 1.97. The summed E-state index contributed by atoms with van der Waals surface area (Å²) in [5.41, 5.74) is 2.44. The van der Waals surface area contributed by atoms with Crippen LogP contribution in [0, 0.1) is 6.92 Å². The molecule has 0 fully saturated rings.